The number of hydrogen-bond donors (Lipinski definition) is 1. The summed E-state index contributed by atoms with van der Waals surface area (Å²) in [6, 6.07) is 12.2. The average Bonchev–Trinajstić information content (AvgIpc) is 2.44. The Bertz CT molecular complexity index is 505. The largest absolute Gasteiger partial charge is 0.492 e. The third-order valence-electron chi connectivity index (χ3n) is 2.80. The van der Waals surface area contributed by atoms with Gasteiger partial charge in [0.1, 0.15) is 12.4 Å². The number of hydrogen-bond acceptors (Lipinski definition) is 3. The van der Waals surface area contributed by atoms with Crippen LogP contribution in [0.2, 0.25) is 0 Å². The summed E-state index contributed by atoms with van der Waals surface area (Å²) < 4.78 is 6.69. The first-order chi connectivity index (χ1) is 9.25. The van der Waals surface area contributed by atoms with E-state index < -0.39 is 0 Å². The van der Waals surface area contributed by atoms with Crippen LogP contribution in [0.15, 0.2) is 53.3 Å². The molecule has 0 saturated carbocycles. The molecule has 1 aromatic carbocycles. The maximum Gasteiger partial charge on any atom is 0.120 e. The molecule has 0 aliphatic heterocycles. The van der Waals surface area contributed by atoms with Gasteiger partial charge < -0.3 is 10.1 Å². The van der Waals surface area contributed by atoms with Crippen molar-refractivity contribution < 1.29 is 4.74 Å². The van der Waals surface area contributed by atoms with Crippen LogP contribution in [-0.4, -0.2) is 18.1 Å². The second-order valence-corrected chi connectivity index (χ2v) is 5.18. The molecule has 0 saturated heterocycles. The van der Waals surface area contributed by atoms with Gasteiger partial charge in [-0.1, -0.05) is 28.1 Å². The van der Waals surface area contributed by atoms with Crippen LogP contribution in [0.25, 0.3) is 0 Å². The summed E-state index contributed by atoms with van der Waals surface area (Å²) in [5, 5.41) is 3.41. The number of benzene rings is 1. The van der Waals surface area contributed by atoms with Crippen molar-refractivity contribution in [3.63, 3.8) is 0 Å². The van der Waals surface area contributed by atoms with Gasteiger partial charge in [0.05, 0.1) is 0 Å². The Balaban J connectivity index is 1.72. The fourth-order valence-electron chi connectivity index (χ4n) is 1.75. The fraction of sp³-hybridized carbons (Fsp3) is 0.267. The van der Waals surface area contributed by atoms with Gasteiger partial charge in [-0.25, -0.2) is 0 Å². The van der Waals surface area contributed by atoms with Crippen LogP contribution >= 0.6 is 15.9 Å². The third-order valence-corrected chi connectivity index (χ3v) is 3.30. The lowest BCUT2D eigenvalue weighted by Crippen LogP contribution is -2.24. The molecular formula is C15H17BrN2O. The molecule has 1 heterocycles. The SMILES string of the molecule is CC(NCCOc1cccc(Br)c1)c1cccnc1. The van der Waals surface area contributed by atoms with Gasteiger partial charge in [-0.2, -0.15) is 0 Å². The van der Waals surface area contributed by atoms with Gasteiger partial charge in [-0.15, -0.1) is 0 Å². The van der Waals surface area contributed by atoms with Crippen LogP contribution in [-0.2, 0) is 0 Å². The van der Waals surface area contributed by atoms with Crippen molar-refractivity contribution >= 4 is 15.9 Å². The zero-order valence-corrected chi connectivity index (χ0v) is 12.4. The predicted molar refractivity (Wildman–Crippen MR) is 80.3 cm³/mol. The van der Waals surface area contributed by atoms with Crippen LogP contribution < -0.4 is 10.1 Å². The number of rotatable bonds is 6. The van der Waals surface area contributed by atoms with Crippen molar-refractivity contribution in [3.8, 4) is 5.75 Å². The van der Waals surface area contributed by atoms with E-state index >= 15 is 0 Å². The highest BCUT2D eigenvalue weighted by atomic mass is 79.9. The Morgan fingerprint density at radius 3 is 2.95 bits per heavy atom. The minimum absolute atomic E-state index is 0.278. The molecule has 0 radical (unpaired) electrons. The van der Waals surface area contributed by atoms with E-state index in [0.717, 1.165) is 16.8 Å². The topological polar surface area (TPSA) is 34.1 Å². The van der Waals surface area contributed by atoms with Crippen molar-refractivity contribution in [3.05, 3.63) is 58.8 Å². The molecule has 0 spiro atoms. The molecule has 0 aliphatic carbocycles. The maximum absolute atomic E-state index is 5.66. The molecular weight excluding hydrogens is 304 g/mol. The van der Waals surface area contributed by atoms with Gasteiger partial charge in [0.25, 0.3) is 0 Å². The summed E-state index contributed by atoms with van der Waals surface area (Å²) >= 11 is 3.42. The predicted octanol–water partition coefficient (Wildman–Crippen LogP) is 3.57. The molecule has 4 heteroatoms. The normalized spacial score (nSPS) is 12.1. The van der Waals surface area contributed by atoms with Crippen LogP contribution in [0.5, 0.6) is 5.75 Å². The number of halogens is 1. The summed E-state index contributed by atoms with van der Waals surface area (Å²) in [5.41, 5.74) is 1.19. The van der Waals surface area contributed by atoms with Crippen LogP contribution in [0, 0.1) is 0 Å². The Morgan fingerprint density at radius 1 is 1.32 bits per heavy atom. The molecule has 1 atom stereocenters. The number of nitrogens with one attached hydrogen (secondary N) is 1. The van der Waals surface area contributed by atoms with Gasteiger partial charge in [-0.3, -0.25) is 4.98 Å². The quantitative estimate of drug-likeness (QED) is 0.826. The van der Waals surface area contributed by atoms with Crippen molar-refractivity contribution in [2.75, 3.05) is 13.2 Å². The molecule has 100 valence electrons. The number of pyridine rings is 1. The molecule has 0 fully saturated rings. The summed E-state index contributed by atoms with van der Waals surface area (Å²) in [7, 11) is 0. The van der Waals surface area contributed by atoms with Crippen molar-refractivity contribution in [2.45, 2.75) is 13.0 Å². The van der Waals surface area contributed by atoms with E-state index in [1.807, 2.05) is 36.5 Å². The summed E-state index contributed by atoms with van der Waals surface area (Å²) in [4.78, 5) is 4.11. The monoisotopic (exact) mass is 320 g/mol. The second-order valence-electron chi connectivity index (χ2n) is 4.27. The minimum Gasteiger partial charge on any atom is -0.492 e. The van der Waals surface area contributed by atoms with Gasteiger partial charge in [0.2, 0.25) is 0 Å². The van der Waals surface area contributed by atoms with E-state index in [2.05, 4.69) is 39.2 Å². The standard InChI is InChI=1S/C15H17BrN2O/c1-12(13-4-3-7-17-11-13)18-8-9-19-15-6-2-5-14(16)10-15/h2-7,10-12,18H,8-9H2,1H3. The highest BCUT2D eigenvalue weighted by molar-refractivity contribution is 9.10. The van der Waals surface area contributed by atoms with Gasteiger partial charge in [-0.05, 0) is 36.8 Å². The zero-order chi connectivity index (χ0) is 13.5. The van der Waals surface area contributed by atoms with Crippen molar-refractivity contribution in [2.24, 2.45) is 0 Å². The van der Waals surface area contributed by atoms with E-state index in [0.29, 0.717) is 6.61 Å². The van der Waals surface area contributed by atoms with Crippen molar-refractivity contribution in [1.29, 1.82) is 0 Å². The molecule has 2 aromatic rings. The molecule has 3 nitrogen and oxygen atoms in total. The zero-order valence-electron chi connectivity index (χ0n) is 10.8. The van der Waals surface area contributed by atoms with Crippen LogP contribution in [0.4, 0.5) is 0 Å². The molecule has 1 N–H and O–H groups in total. The van der Waals surface area contributed by atoms with Crippen LogP contribution in [0.3, 0.4) is 0 Å². The lowest BCUT2D eigenvalue weighted by Gasteiger charge is -2.14. The molecule has 1 unspecified atom stereocenters. The average molecular weight is 321 g/mol. The van der Waals surface area contributed by atoms with Crippen LogP contribution in [0.1, 0.15) is 18.5 Å². The summed E-state index contributed by atoms with van der Waals surface area (Å²) in [6.45, 7) is 3.56. The smallest absolute Gasteiger partial charge is 0.120 e. The van der Waals surface area contributed by atoms with E-state index in [4.69, 9.17) is 4.74 Å². The lowest BCUT2D eigenvalue weighted by atomic mass is 10.1. The minimum atomic E-state index is 0.278. The lowest BCUT2D eigenvalue weighted by molar-refractivity contribution is 0.307. The van der Waals surface area contributed by atoms with Gasteiger partial charge >= 0.3 is 0 Å². The molecule has 1 aromatic heterocycles. The van der Waals surface area contributed by atoms with E-state index in [1.54, 1.807) is 6.20 Å². The second kappa shape index (κ2) is 7.26. The Morgan fingerprint density at radius 2 is 2.21 bits per heavy atom. The fourth-order valence-corrected chi connectivity index (χ4v) is 2.13. The van der Waals surface area contributed by atoms with E-state index in [1.165, 1.54) is 5.56 Å². The Kier molecular flexibility index (Phi) is 5.36. The van der Waals surface area contributed by atoms with Gasteiger partial charge in [0, 0.05) is 29.5 Å². The molecule has 0 amide bonds. The Labute approximate surface area is 122 Å². The first-order valence-electron chi connectivity index (χ1n) is 6.27. The summed E-state index contributed by atoms with van der Waals surface area (Å²) in [5.74, 6) is 0.880. The third kappa shape index (κ3) is 4.65. The number of aromatic nitrogens is 1. The number of ether oxygens (including phenoxy) is 1. The van der Waals surface area contributed by atoms with E-state index in [-0.39, 0.29) is 6.04 Å². The number of nitrogens with zero attached hydrogens (tertiary/aromatic N) is 1. The summed E-state index contributed by atoms with van der Waals surface area (Å²) in [6.07, 6.45) is 3.67. The molecule has 0 aliphatic rings. The Hall–Kier alpha value is -1.39. The first-order valence-corrected chi connectivity index (χ1v) is 7.06. The highest BCUT2D eigenvalue weighted by Crippen LogP contribution is 2.17. The molecule has 19 heavy (non-hydrogen) atoms. The molecule has 0 bridgehead atoms. The maximum atomic E-state index is 5.66. The van der Waals surface area contributed by atoms with Crippen molar-refractivity contribution in [1.82, 2.24) is 10.3 Å². The first kappa shape index (κ1) is 14.0. The van der Waals surface area contributed by atoms with Gasteiger partial charge in [0.15, 0.2) is 0 Å². The highest BCUT2D eigenvalue weighted by Gasteiger charge is 2.03. The van der Waals surface area contributed by atoms with E-state index in [9.17, 15) is 0 Å². The molecule has 2 rings (SSSR count).